The molecule has 2 atom stereocenters. The molecule has 0 aromatic heterocycles. The summed E-state index contributed by atoms with van der Waals surface area (Å²) in [6, 6.07) is 6.58. The van der Waals surface area contributed by atoms with E-state index in [0.717, 1.165) is 12.8 Å². The van der Waals surface area contributed by atoms with E-state index >= 15 is 0 Å². The summed E-state index contributed by atoms with van der Waals surface area (Å²) >= 11 is 5.79. The first-order chi connectivity index (χ1) is 7.59. The van der Waals surface area contributed by atoms with E-state index in [2.05, 4.69) is 0 Å². The highest BCUT2D eigenvalue weighted by molar-refractivity contribution is 7.86. The first-order valence-electron chi connectivity index (χ1n) is 4.98. The zero-order valence-electron chi connectivity index (χ0n) is 8.43. The standard InChI is InChI=1S/C11H11ClO3S/c12-8-2-1-3-9(6-8)16(15)10(11(13)14)7-4-5-7/h1-3,6-7,10H,4-5H2,(H,13,14). The summed E-state index contributed by atoms with van der Waals surface area (Å²) in [6.45, 7) is 0. The third-order valence-corrected chi connectivity index (χ3v) is 4.55. The van der Waals surface area contributed by atoms with Crippen LogP contribution in [0.3, 0.4) is 0 Å². The molecule has 0 spiro atoms. The Bertz CT molecular complexity index is 443. The van der Waals surface area contributed by atoms with Crippen molar-refractivity contribution < 1.29 is 14.1 Å². The average Bonchev–Trinajstić information content (AvgIpc) is 3.01. The third kappa shape index (κ3) is 2.44. The van der Waals surface area contributed by atoms with Gasteiger partial charge in [0.15, 0.2) is 0 Å². The van der Waals surface area contributed by atoms with Gasteiger partial charge in [-0.1, -0.05) is 17.7 Å². The number of hydrogen-bond donors (Lipinski definition) is 1. The molecule has 0 radical (unpaired) electrons. The number of aliphatic carboxylic acids is 1. The molecule has 1 saturated carbocycles. The molecule has 1 aromatic carbocycles. The van der Waals surface area contributed by atoms with E-state index in [0.29, 0.717) is 9.92 Å². The monoisotopic (exact) mass is 258 g/mol. The lowest BCUT2D eigenvalue weighted by molar-refractivity contribution is -0.136. The molecular formula is C11H11ClO3S. The molecule has 86 valence electrons. The number of carboxylic acid groups (broad SMARTS) is 1. The molecular weight excluding hydrogens is 248 g/mol. The molecule has 0 heterocycles. The first kappa shape index (κ1) is 11.6. The highest BCUT2D eigenvalue weighted by Crippen LogP contribution is 2.37. The van der Waals surface area contributed by atoms with Crippen LogP contribution in [0.4, 0.5) is 0 Å². The molecule has 0 aliphatic heterocycles. The van der Waals surface area contributed by atoms with E-state index in [1.807, 2.05) is 0 Å². The van der Waals surface area contributed by atoms with Gasteiger partial charge in [-0.25, -0.2) is 0 Å². The van der Waals surface area contributed by atoms with Crippen LogP contribution in [-0.2, 0) is 15.6 Å². The molecule has 2 unspecified atom stereocenters. The molecule has 5 heteroatoms. The van der Waals surface area contributed by atoms with E-state index in [1.165, 1.54) is 0 Å². The Hall–Kier alpha value is -0.870. The summed E-state index contributed by atoms with van der Waals surface area (Å²) in [4.78, 5) is 11.5. The summed E-state index contributed by atoms with van der Waals surface area (Å²) in [5, 5.41) is 8.74. The Balaban J connectivity index is 2.26. The van der Waals surface area contributed by atoms with Crippen LogP contribution >= 0.6 is 11.6 Å². The summed E-state index contributed by atoms with van der Waals surface area (Å²) in [6.07, 6.45) is 1.70. The van der Waals surface area contributed by atoms with Crippen LogP contribution in [-0.4, -0.2) is 20.5 Å². The van der Waals surface area contributed by atoms with E-state index < -0.39 is 22.0 Å². The van der Waals surface area contributed by atoms with Crippen LogP contribution in [0.25, 0.3) is 0 Å². The fourth-order valence-electron chi connectivity index (χ4n) is 1.61. The largest absolute Gasteiger partial charge is 0.480 e. The van der Waals surface area contributed by atoms with Crippen LogP contribution in [0.1, 0.15) is 12.8 Å². The third-order valence-electron chi connectivity index (χ3n) is 2.55. The highest BCUT2D eigenvalue weighted by Gasteiger charge is 2.40. The summed E-state index contributed by atoms with van der Waals surface area (Å²) in [7, 11) is -1.51. The van der Waals surface area contributed by atoms with E-state index in [-0.39, 0.29) is 5.92 Å². The van der Waals surface area contributed by atoms with Gasteiger partial charge < -0.3 is 5.11 Å². The minimum Gasteiger partial charge on any atom is -0.480 e. The van der Waals surface area contributed by atoms with Crippen molar-refractivity contribution in [1.82, 2.24) is 0 Å². The first-order valence-corrected chi connectivity index (χ1v) is 6.57. The summed E-state index contributed by atoms with van der Waals surface area (Å²) in [5.41, 5.74) is 0. The van der Waals surface area contributed by atoms with E-state index in [1.54, 1.807) is 24.3 Å². The molecule has 3 nitrogen and oxygen atoms in total. The molecule has 1 aliphatic rings. The zero-order chi connectivity index (χ0) is 11.7. The number of rotatable bonds is 4. The maximum atomic E-state index is 12.1. The van der Waals surface area contributed by atoms with Crippen molar-refractivity contribution in [2.45, 2.75) is 23.0 Å². The number of halogens is 1. The van der Waals surface area contributed by atoms with E-state index in [9.17, 15) is 9.00 Å². The van der Waals surface area contributed by atoms with Crippen molar-refractivity contribution in [2.75, 3.05) is 0 Å². The minimum atomic E-state index is -1.51. The quantitative estimate of drug-likeness (QED) is 0.902. The molecule has 0 bridgehead atoms. The van der Waals surface area contributed by atoms with Gasteiger partial charge in [0.2, 0.25) is 0 Å². The second-order valence-corrected chi connectivity index (χ2v) is 5.86. The highest BCUT2D eigenvalue weighted by atomic mass is 35.5. The Morgan fingerprint density at radius 3 is 2.69 bits per heavy atom. The Morgan fingerprint density at radius 1 is 1.50 bits per heavy atom. The van der Waals surface area contributed by atoms with Gasteiger partial charge in [0.1, 0.15) is 5.25 Å². The van der Waals surface area contributed by atoms with Crippen molar-refractivity contribution in [3.8, 4) is 0 Å². The number of hydrogen-bond acceptors (Lipinski definition) is 2. The summed E-state index contributed by atoms with van der Waals surface area (Å²) < 4.78 is 12.1. The molecule has 0 amide bonds. The lowest BCUT2D eigenvalue weighted by Gasteiger charge is -2.10. The van der Waals surface area contributed by atoms with Crippen molar-refractivity contribution in [3.05, 3.63) is 29.3 Å². The predicted octanol–water partition coefficient (Wildman–Crippen LogP) is 2.31. The van der Waals surface area contributed by atoms with Gasteiger partial charge in [-0.15, -0.1) is 0 Å². The topological polar surface area (TPSA) is 54.4 Å². The number of carbonyl (C=O) groups is 1. The lowest BCUT2D eigenvalue weighted by atomic mass is 10.3. The Kier molecular flexibility index (Phi) is 3.30. The van der Waals surface area contributed by atoms with Gasteiger partial charge in [-0.2, -0.15) is 0 Å². The second kappa shape index (κ2) is 4.55. The predicted molar refractivity (Wildman–Crippen MR) is 62.0 cm³/mol. The van der Waals surface area contributed by atoms with Crippen molar-refractivity contribution in [1.29, 1.82) is 0 Å². The molecule has 2 rings (SSSR count). The minimum absolute atomic E-state index is 0.0531. The maximum absolute atomic E-state index is 12.1. The Morgan fingerprint density at radius 2 is 2.19 bits per heavy atom. The number of benzene rings is 1. The lowest BCUT2D eigenvalue weighted by Crippen LogP contribution is -2.27. The SMILES string of the molecule is O=C(O)C(C1CC1)S(=O)c1cccc(Cl)c1. The Labute approximate surface area is 101 Å². The molecule has 0 saturated heterocycles. The van der Waals surface area contributed by atoms with Crippen LogP contribution in [0.5, 0.6) is 0 Å². The average molecular weight is 259 g/mol. The molecule has 1 N–H and O–H groups in total. The normalized spacial score (nSPS) is 19.1. The van der Waals surface area contributed by atoms with Gasteiger partial charge in [-0.3, -0.25) is 9.00 Å². The molecule has 1 aromatic rings. The smallest absolute Gasteiger partial charge is 0.319 e. The fraction of sp³-hybridized carbons (Fsp3) is 0.364. The van der Waals surface area contributed by atoms with Crippen molar-refractivity contribution in [3.63, 3.8) is 0 Å². The van der Waals surface area contributed by atoms with Gasteiger partial charge >= 0.3 is 5.97 Å². The van der Waals surface area contributed by atoms with Gasteiger partial charge in [0, 0.05) is 9.92 Å². The molecule has 1 aliphatic carbocycles. The second-order valence-electron chi connectivity index (χ2n) is 3.85. The molecule has 16 heavy (non-hydrogen) atoms. The van der Waals surface area contributed by atoms with Crippen LogP contribution < -0.4 is 0 Å². The van der Waals surface area contributed by atoms with Gasteiger partial charge in [-0.05, 0) is 37.0 Å². The molecule has 1 fully saturated rings. The van der Waals surface area contributed by atoms with Crippen LogP contribution in [0.2, 0.25) is 5.02 Å². The van der Waals surface area contributed by atoms with Gasteiger partial charge in [0.05, 0.1) is 10.8 Å². The van der Waals surface area contributed by atoms with Crippen molar-refractivity contribution in [2.24, 2.45) is 5.92 Å². The van der Waals surface area contributed by atoms with Crippen molar-refractivity contribution >= 4 is 28.4 Å². The maximum Gasteiger partial charge on any atom is 0.319 e. The fourth-order valence-corrected chi connectivity index (χ4v) is 3.41. The zero-order valence-corrected chi connectivity index (χ0v) is 10.0. The van der Waals surface area contributed by atoms with E-state index in [4.69, 9.17) is 16.7 Å². The van der Waals surface area contributed by atoms with Crippen LogP contribution in [0.15, 0.2) is 29.2 Å². The van der Waals surface area contributed by atoms with Crippen LogP contribution in [0, 0.1) is 5.92 Å². The van der Waals surface area contributed by atoms with Gasteiger partial charge in [0.25, 0.3) is 0 Å². The summed E-state index contributed by atoms with van der Waals surface area (Å²) in [5.74, 6) is -0.932. The number of carboxylic acids is 1.